The third kappa shape index (κ3) is 7.26. The average Bonchev–Trinajstić information content (AvgIpc) is 2.87. The molecule has 0 unspecified atom stereocenters. The maximum Gasteiger partial charge on any atom is 1.00 e. The Balaban J connectivity index is 0. The summed E-state index contributed by atoms with van der Waals surface area (Å²) < 4.78 is 141. The van der Waals surface area contributed by atoms with E-state index in [0.29, 0.717) is 0 Å². The number of nitrogens with one attached hydrogen (secondary N) is 1. The first-order chi connectivity index (χ1) is 13.0. The van der Waals surface area contributed by atoms with Gasteiger partial charge in [0.15, 0.2) is 0 Å². The molecule has 33 heavy (non-hydrogen) atoms. The van der Waals surface area contributed by atoms with Crippen LogP contribution in [0.1, 0.15) is 0 Å². The molecule has 1 heterocycles. The van der Waals surface area contributed by atoms with Crippen LogP contribution in [0, 0.1) is 0 Å². The molecule has 0 aliphatic heterocycles. The third-order valence-electron chi connectivity index (χ3n) is 3.78. The molecule has 0 bridgehead atoms. The fourth-order valence-corrected chi connectivity index (χ4v) is 7.72. The zero-order valence-corrected chi connectivity index (χ0v) is 28.6. The smallest absolute Gasteiger partial charge is 0.744 e. The van der Waals surface area contributed by atoms with Crippen LogP contribution in [0.3, 0.4) is 0 Å². The Labute approximate surface area is 276 Å². The van der Waals surface area contributed by atoms with Gasteiger partial charge in [0.05, 0.1) is 25.1 Å². The van der Waals surface area contributed by atoms with Gasteiger partial charge >= 0.3 is 118 Å². The van der Waals surface area contributed by atoms with Crippen LogP contribution in [0.2, 0.25) is 0 Å². The van der Waals surface area contributed by atoms with Crippen molar-refractivity contribution in [3.05, 3.63) is 24.3 Å². The van der Waals surface area contributed by atoms with E-state index in [1.54, 1.807) is 0 Å². The average molecular weight is 575 g/mol. The van der Waals surface area contributed by atoms with Crippen LogP contribution in [0.4, 0.5) is 0 Å². The second-order valence-corrected chi connectivity index (χ2v) is 10.8. The van der Waals surface area contributed by atoms with Crippen molar-refractivity contribution in [2.75, 3.05) is 0 Å². The van der Waals surface area contributed by atoms with E-state index < -0.39 is 71.0 Å². The zero-order chi connectivity index (χ0) is 22.2. The van der Waals surface area contributed by atoms with Crippen LogP contribution in [0.25, 0.3) is 21.8 Å². The fourth-order valence-electron chi connectivity index (χ4n) is 2.91. The molecule has 0 amide bonds. The van der Waals surface area contributed by atoms with Crippen LogP contribution >= 0.6 is 0 Å². The van der Waals surface area contributed by atoms with Crippen molar-refractivity contribution in [3.8, 4) is 0 Å². The van der Waals surface area contributed by atoms with Crippen LogP contribution < -0.4 is 118 Å². The maximum atomic E-state index is 11.8. The number of fused-ring (bicyclic) bond motifs is 3. The minimum Gasteiger partial charge on any atom is -0.744 e. The molecule has 2 aromatic carbocycles. The number of para-hydroxylation sites is 1. The van der Waals surface area contributed by atoms with Crippen molar-refractivity contribution in [1.29, 1.82) is 0 Å². The Morgan fingerprint density at radius 2 is 0.909 bits per heavy atom. The van der Waals surface area contributed by atoms with Crippen molar-refractivity contribution in [3.63, 3.8) is 0 Å². The minimum absolute atomic E-state index is 0. The molecule has 0 saturated carbocycles. The van der Waals surface area contributed by atoms with E-state index in [-0.39, 0.29) is 129 Å². The van der Waals surface area contributed by atoms with Crippen molar-refractivity contribution in [2.24, 2.45) is 0 Å². The van der Waals surface area contributed by atoms with Gasteiger partial charge in [0.1, 0.15) is 40.5 Å². The number of aromatic nitrogens is 1. The number of hydrogen-bond acceptors (Lipinski definition) is 12. The monoisotopic (exact) mass is 575 g/mol. The van der Waals surface area contributed by atoms with E-state index >= 15 is 0 Å². The van der Waals surface area contributed by atoms with Gasteiger partial charge in [-0.15, -0.1) is 0 Å². The first-order valence-electron chi connectivity index (χ1n) is 6.89. The number of rotatable bonds is 4. The Kier molecular flexibility index (Phi) is 13.6. The third-order valence-corrected chi connectivity index (χ3v) is 7.80. The van der Waals surface area contributed by atoms with Crippen LogP contribution in [-0.2, 0) is 40.5 Å². The quantitative estimate of drug-likeness (QED) is 0.225. The van der Waals surface area contributed by atoms with Crippen LogP contribution in [0.15, 0.2) is 43.8 Å². The molecule has 0 atom stereocenters. The molecule has 0 saturated heterocycles. The fraction of sp³-hybridized carbons (Fsp3) is 0. The molecule has 1 N–H and O–H groups in total. The maximum absolute atomic E-state index is 11.8. The van der Waals surface area contributed by atoms with Crippen LogP contribution in [0.5, 0.6) is 0 Å². The molecule has 158 valence electrons. The molecule has 0 fully saturated rings. The molecule has 0 aliphatic carbocycles. The number of aromatic amines is 1. The van der Waals surface area contributed by atoms with Gasteiger partial charge in [-0.1, -0.05) is 18.2 Å². The Morgan fingerprint density at radius 1 is 0.545 bits per heavy atom. The minimum atomic E-state index is -6.28. The second-order valence-electron chi connectivity index (χ2n) is 5.55. The Hall–Kier alpha value is 1.88. The summed E-state index contributed by atoms with van der Waals surface area (Å²) in [6.45, 7) is 0. The van der Waals surface area contributed by atoms with Crippen molar-refractivity contribution < 1.29 is 170 Å². The van der Waals surface area contributed by atoms with Gasteiger partial charge in [-0.3, -0.25) is 0 Å². The molecule has 1 aromatic heterocycles. The topological polar surface area (TPSA) is 245 Å². The molecule has 0 radical (unpaired) electrons. The summed E-state index contributed by atoms with van der Waals surface area (Å²) in [5, 5.41) is -1.37. The SMILES string of the molecule is O=S(=O)([O-])c1c(S(=O)(=O)[O-])c(S(=O)(=O)[O-])c2c([nH]c3ccccc32)c1S(=O)(=O)[O-].[Na+].[Na+].[Na+].[Na+]. The van der Waals surface area contributed by atoms with Gasteiger partial charge in [0.25, 0.3) is 0 Å². The molecule has 21 heteroatoms. The predicted molar refractivity (Wildman–Crippen MR) is 87.7 cm³/mol. The summed E-state index contributed by atoms with van der Waals surface area (Å²) in [5.74, 6) is 0. The van der Waals surface area contributed by atoms with E-state index in [1.165, 1.54) is 18.2 Å². The van der Waals surface area contributed by atoms with E-state index in [1.807, 2.05) is 0 Å². The molecule has 3 rings (SSSR count). The predicted octanol–water partition coefficient (Wildman–Crippen LogP) is -13.0. The van der Waals surface area contributed by atoms with Crippen LogP contribution in [-0.4, -0.2) is 56.9 Å². The molecule has 13 nitrogen and oxygen atoms in total. The summed E-state index contributed by atoms with van der Waals surface area (Å²) >= 11 is 0. The number of benzene rings is 2. The first kappa shape index (κ1) is 37.0. The summed E-state index contributed by atoms with van der Waals surface area (Å²) in [4.78, 5) is -6.62. The summed E-state index contributed by atoms with van der Waals surface area (Å²) in [6, 6.07) is 4.81. The van der Waals surface area contributed by atoms with Gasteiger partial charge < -0.3 is 23.2 Å². The second kappa shape index (κ2) is 12.2. The van der Waals surface area contributed by atoms with Crippen molar-refractivity contribution in [1.82, 2.24) is 4.98 Å². The molecule has 3 aromatic rings. The van der Waals surface area contributed by atoms with Gasteiger partial charge in [-0.05, 0) is 6.07 Å². The van der Waals surface area contributed by atoms with E-state index in [4.69, 9.17) is 0 Å². The van der Waals surface area contributed by atoms with Gasteiger partial charge in [0.2, 0.25) is 0 Å². The summed E-state index contributed by atoms with van der Waals surface area (Å²) in [5.41, 5.74) is -1.29. The van der Waals surface area contributed by atoms with E-state index in [0.717, 1.165) is 6.07 Å². The van der Waals surface area contributed by atoms with Crippen molar-refractivity contribution in [2.45, 2.75) is 19.6 Å². The van der Waals surface area contributed by atoms with Gasteiger partial charge in [-0.2, -0.15) is 0 Å². The Morgan fingerprint density at radius 3 is 1.30 bits per heavy atom. The molecule has 0 spiro atoms. The molecular weight excluding hydrogens is 570 g/mol. The Bertz CT molecular complexity index is 1650. The molecular formula is C12H5NNa4O12S4. The molecule has 0 aliphatic rings. The largest absolute Gasteiger partial charge is 1.00 e. The zero-order valence-electron chi connectivity index (χ0n) is 17.3. The summed E-state index contributed by atoms with van der Waals surface area (Å²) in [7, 11) is -24.5. The van der Waals surface area contributed by atoms with E-state index in [2.05, 4.69) is 4.98 Å². The van der Waals surface area contributed by atoms with Gasteiger partial charge in [-0.25, -0.2) is 33.7 Å². The summed E-state index contributed by atoms with van der Waals surface area (Å²) in [6.07, 6.45) is 0. The number of hydrogen-bond donors (Lipinski definition) is 1. The standard InChI is InChI=1S/C12H9NO12S4.4Na/c14-26(15,16)9-7-5-3-1-2-4-6(5)13-8(7)10(27(17,18)19)12(29(23,24)25)11(9)28(20,21)22;;;;/h1-4,13H,(H,14,15,16)(H,17,18,19)(H,20,21,22)(H,23,24,25);;;;/q;4*+1/p-4. The van der Waals surface area contributed by atoms with E-state index in [9.17, 15) is 51.9 Å². The number of H-pyrrole nitrogens is 1. The normalized spacial score (nSPS) is 12.2. The van der Waals surface area contributed by atoms with Crippen molar-refractivity contribution >= 4 is 62.3 Å². The van der Waals surface area contributed by atoms with Gasteiger partial charge in [0, 0.05) is 16.3 Å². The first-order valence-corrected chi connectivity index (χ1v) is 12.5.